The van der Waals surface area contributed by atoms with E-state index in [0.717, 1.165) is 16.0 Å². The Hall–Kier alpha value is -3.52. The van der Waals surface area contributed by atoms with Crippen molar-refractivity contribution in [2.45, 2.75) is 13.5 Å². The fourth-order valence-corrected chi connectivity index (χ4v) is 4.10. The Morgan fingerprint density at radius 2 is 1.69 bits per heavy atom. The molecule has 0 spiro atoms. The highest BCUT2D eigenvalue weighted by atomic mass is 35.5. The molecule has 0 aliphatic carbocycles. The van der Waals surface area contributed by atoms with Crippen LogP contribution in [0.25, 0.3) is 6.08 Å². The standard InChI is InChI=1S/C26H19Cl3N2O5/c1-14-3-7-18(12-20(14)28)31-25(33)19(24(32)30-26(31)34)9-15-4-8-22(23(10-15)35-2)36-13-16-5-6-17(27)11-21(16)29/h3-12H,13H2,1-2H3,(H,30,32,34)/b19-9-. The predicted molar refractivity (Wildman–Crippen MR) is 139 cm³/mol. The SMILES string of the molecule is COc1cc(/C=C2/C(=O)NC(=O)N(c3ccc(C)c(Cl)c3)C2=O)ccc1OCc1ccc(Cl)cc1Cl. The minimum absolute atomic E-state index is 0.171. The van der Waals surface area contributed by atoms with Crippen molar-refractivity contribution in [2.24, 2.45) is 0 Å². The van der Waals surface area contributed by atoms with Gasteiger partial charge in [-0.2, -0.15) is 0 Å². The zero-order valence-corrected chi connectivity index (χ0v) is 21.4. The number of carbonyl (C=O) groups is 3. The van der Waals surface area contributed by atoms with E-state index >= 15 is 0 Å². The number of nitrogens with zero attached hydrogens (tertiary/aromatic N) is 1. The molecular weight excluding hydrogens is 527 g/mol. The number of hydrogen-bond acceptors (Lipinski definition) is 5. The number of ether oxygens (including phenoxy) is 2. The van der Waals surface area contributed by atoms with Gasteiger partial charge in [-0.25, -0.2) is 9.69 Å². The maximum atomic E-state index is 13.1. The lowest BCUT2D eigenvalue weighted by atomic mass is 10.1. The average molecular weight is 546 g/mol. The molecule has 10 heteroatoms. The van der Waals surface area contributed by atoms with Crippen LogP contribution in [0.5, 0.6) is 11.5 Å². The van der Waals surface area contributed by atoms with Gasteiger partial charge in [0.25, 0.3) is 11.8 Å². The molecule has 0 radical (unpaired) electrons. The van der Waals surface area contributed by atoms with Gasteiger partial charge in [-0.3, -0.25) is 14.9 Å². The topological polar surface area (TPSA) is 84.9 Å². The van der Waals surface area contributed by atoms with E-state index in [0.29, 0.717) is 32.1 Å². The van der Waals surface area contributed by atoms with Crippen molar-refractivity contribution < 1.29 is 23.9 Å². The zero-order chi connectivity index (χ0) is 26.0. The van der Waals surface area contributed by atoms with Crippen molar-refractivity contribution >= 4 is 64.4 Å². The molecule has 1 aliphatic heterocycles. The monoisotopic (exact) mass is 544 g/mol. The molecule has 0 saturated carbocycles. The molecule has 4 amide bonds. The molecule has 1 N–H and O–H groups in total. The van der Waals surface area contributed by atoms with Gasteiger partial charge in [-0.15, -0.1) is 0 Å². The lowest BCUT2D eigenvalue weighted by Crippen LogP contribution is -2.54. The Morgan fingerprint density at radius 3 is 2.39 bits per heavy atom. The number of benzene rings is 3. The first-order valence-electron chi connectivity index (χ1n) is 10.6. The normalized spacial score (nSPS) is 14.8. The molecule has 3 aromatic rings. The minimum atomic E-state index is -0.857. The third kappa shape index (κ3) is 5.33. The second-order valence-electron chi connectivity index (χ2n) is 7.83. The van der Waals surface area contributed by atoms with E-state index in [2.05, 4.69) is 5.32 Å². The van der Waals surface area contributed by atoms with Gasteiger partial charge in [0.15, 0.2) is 11.5 Å². The highest BCUT2D eigenvalue weighted by Gasteiger charge is 2.37. The first kappa shape index (κ1) is 25.6. The molecule has 0 unspecified atom stereocenters. The number of imide groups is 2. The molecule has 0 bridgehead atoms. The molecule has 1 heterocycles. The highest BCUT2D eigenvalue weighted by molar-refractivity contribution is 6.39. The molecular formula is C26H19Cl3N2O5. The number of aryl methyl sites for hydroxylation is 1. The number of hydrogen-bond donors (Lipinski definition) is 1. The number of methoxy groups -OCH3 is 1. The lowest BCUT2D eigenvalue weighted by molar-refractivity contribution is -0.122. The van der Waals surface area contributed by atoms with Crippen LogP contribution in [0.1, 0.15) is 16.7 Å². The van der Waals surface area contributed by atoms with E-state index in [-0.39, 0.29) is 17.9 Å². The summed E-state index contributed by atoms with van der Waals surface area (Å²) in [5.41, 5.74) is 2.02. The van der Waals surface area contributed by atoms with Gasteiger partial charge in [0, 0.05) is 20.6 Å². The molecule has 7 nitrogen and oxygen atoms in total. The van der Waals surface area contributed by atoms with Gasteiger partial charge in [-0.05, 0) is 60.5 Å². The van der Waals surface area contributed by atoms with E-state index in [1.807, 2.05) is 0 Å². The number of anilines is 1. The van der Waals surface area contributed by atoms with Gasteiger partial charge in [0.05, 0.1) is 12.8 Å². The molecule has 1 aliphatic rings. The van der Waals surface area contributed by atoms with Gasteiger partial charge in [-0.1, -0.05) is 53.0 Å². The Labute approximate surface area is 222 Å². The molecule has 36 heavy (non-hydrogen) atoms. The van der Waals surface area contributed by atoms with Crippen LogP contribution >= 0.6 is 34.8 Å². The van der Waals surface area contributed by atoms with Crippen LogP contribution in [0, 0.1) is 6.92 Å². The Kier molecular flexibility index (Phi) is 7.54. The summed E-state index contributed by atoms with van der Waals surface area (Å²) in [6.45, 7) is 1.97. The van der Waals surface area contributed by atoms with Crippen molar-refractivity contribution in [3.63, 3.8) is 0 Å². The summed E-state index contributed by atoms with van der Waals surface area (Å²) in [6, 6.07) is 13.9. The van der Waals surface area contributed by atoms with Crippen molar-refractivity contribution in [1.29, 1.82) is 0 Å². The molecule has 0 aromatic heterocycles. The Morgan fingerprint density at radius 1 is 0.917 bits per heavy atom. The molecule has 4 rings (SSSR count). The average Bonchev–Trinajstić information content (AvgIpc) is 2.83. The van der Waals surface area contributed by atoms with E-state index in [1.165, 1.54) is 19.3 Å². The van der Waals surface area contributed by atoms with E-state index in [4.69, 9.17) is 44.3 Å². The largest absolute Gasteiger partial charge is 0.493 e. The van der Waals surface area contributed by atoms with E-state index in [1.54, 1.807) is 55.5 Å². The highest BCUT2D eigenvalue weighted by Crippen LogP contribution is 2.32. The number of halogens is 3. The van der Waals surface area contributed by atoms with Gasteiger partial charge >= 0.3 is 6.03 Å². The molecule has 184 valence electrons. The quantitative estimate of drug-likeness (QED) is 0.294. The van der Waals surface area contributed by atoms with Crippen LogP contribution in [0.3, 0.4) is 0 Å². The number of urea groups is 1. The molecule has 1 saturated heterocycles. The maximum Gasteiger partial charge on any atom is 0.335 e. The summed E-state index contributed by atoms with van der Waals surface area (Å²) >= 11 is 18.3. The van der Waals surface area contributed by atoms with Crippen LogP contribution in [0.4, 0.5) is 10.5 Å². The van der Waals surface area contributed by atoms with E-state index < -0.39 is 17.8 Å². The predicted octanol–water partition coefficient (Wildman–Crippen LogP) is 6.21. The molecule has 0 atom stereocenters. The Balaban J connectivity index is 1.60. The van der Waals surface area contributed by atoms with Crippen LogP contribution in [0.2, 0.25) is 15.1 Å². The summed E-state index contributed by atoms with van der Waals surface area (Å²) in [5.74, 6) is -0.788. The molecule has 3 aromatic carbocycles. The fraction of sp³-hybridized carbons (Fsp3) is 0.115. The second-order valence-corrected chi connectivity index (χ2v) is 9.08. The minimum Gasteiger partial charge on any atom is -0.493 e. The molecule has 1 fully saturated rings. The van der Waals surface area contributed by atoms with Crippen molar-refractivity contribution in [3.05, 3.63) is 91.9 Å². The Bertz CT molecular complexity index is 1420. The first-order valence-corrected chi connectivity index (χ1v) is 11.7. The number of amides is 4. The lowest BCUT2D eigenvalue weighted by Gasteiger charge is -2.26. The summed E-state index contributed by atoms with van der Waals surface area (Å²) in [4.78, 5) is 38.9. The maximum absolute atomic E-state index is 13.1. The van der Waals surface area contributed by atoms with Gasteiger partial charge < -0.3 is 9.47 Å². The second kappa shape index (κ2) is 10.6. The smallest absolute Gasteiger partial charge is 0.335 e. The van der Waals surface area contributed by atoms with Crippen molar-refractivity contribution in [1.82, 2.24) is 5.32 Å². The summed E-state index contributed by atoms with van der Waals surface area (Å²) in [6.07, 6.45) is 1.37. The van der Waals surface area contributed by atoms with Gasteiger partial charge in [0.2, 0.25) is 0 Å². The number of rotatable bonds is 6. The van der Waals surface area contributed by atoms with E-state index in [9.17, 15) is 14.4 Å². The van der Waals surface area contributed by atoms with Crippen molar-refractivity contribution in [2.75, 3.05) is 12.0 Å². The third-order valence-corrected chi connectivity index (χ3v) is 6.41. The number of barbiturate groups is 1. The summed E-state index contributed by atoms with van der Waals surface area (Å²) < 4.78 is 11.3. The van der Waals surface area contributed by atoms with Crippen molar-refractivity contribution in [3.8, 4) is 11.5 Å². The van der Waals surface area contributed by atoms with Crippen LogP contribution in [-0.4, -0.2) is 25.0 Å². The van der Waals surface area contributed by atoms with Crippen LogP contribution < -0.4 is 19.7 Å². The number of carbonyl (C=O) groups excluding carboxylic acids is 3. The number of nitrogens with one attached hydrogen (secondary N) is 1. The fourth-order valence-electron chi connectivity index (χ4n) is 3.47. The summed E-state index contributed by atoms with van der Waals surface area (Å²) in [5, 5.41) is 3.56. The first-order chi connectivity index (χ1) is 17.2. The summed E-state index contributed by atoms with van der Waals surface area (Å²) in [7, 11) is 1.47. The van der Waals surface area contributed by atoms with Crippen LogP contribution in [-0.2, 0) is 16.2 Å². The van der Waals surface area contributed by atoms with Gasteiger partial charge in [0.1, 0.15) is 12.2 Å². The third-order valence-electron chi connectivity index (χ3n) is 5.41. The zero-order valence-electron chi connectivity index (χ0n) is 19.1. The van der Waals surface area contributed by atoms with Crippen LogP contribution in [0.15, 0.2) is 60.2 Å².